The maximum absolute atomic E-state index is 12.2. The quantitative estimate of drug-likeness (QED) is 0.788. The SMILES string of the molecule is CN1C(=O)C[C@@H](CNc2cnc3ccccc3n2)[C@@H]1c1nccn1C. The lowest BCUT2D eigenvalue weighted by atomic mass is 9.99. The average molecular weight is 336 g/mol. The molecular weight excluding hydrogens is 316 g/mol. The van der Waals surface area contributed by atoms with Gasteiger partial charge in [0.15, 0.2) is 0 Å². The summed E-state index contributed by atoms with van der Waals surface area (Å²) in [6.45, 7) is 0.640. The molecule has 25 heavy (non-hydrogen) atoms. The molecule has 2 atom stereocenters. The van der Waals surface area contributed by atoms with Gasteiger partial charge in [-0.15, -0.1) is 0 Å². The summed E-state index contributed by atoms with van der Waals surface area (Å²) in [7, 11) is 3.80. The van der Waals surface area contributed by atoms with Crippen molar-refractivity contribution in [2.75, 3.05) is 18.9 Å². The average Bonchev–Trinajstić information content (AvgIpc) is 3.16. The monoisotopic (exact) mass is 336 g/mol. The number of rotatable bonds is 4. The molecule has 0 saturated carbocycles. The topological polar surface area (TPSA) is 75.9 Å². The maximum Gasteiger partial charge on any atom is 0.223 e. The van der Waals surface area contributed by atoms with Gasteiger partial charge in [0.05, 0.1) is 23.3 Å². The number of hydrogen-bond acceptors (Lipinski definition) is 5. The first kappa shape index (κ1) is 15.6. The van der Waals surface area contributed by atoms with Gasteiger partial charge in [-0.25, -0.2) is 9.97 Å². The van der Waals surface area contributed by atoms with Crippen LogP contribution in [0.1, 0.15) is 18.3 Å². The molecule has 1 N–H and O–H groups in total. The highest BCUT2D eigenvalue weighted by Gasteiger charge is 2.40. The number of carbonyl (C=O) groups excluding carboxylic acids is 1. The second kappa shape index (κ2) is 6.16. The summed E-state index contributed by atoms with van der Waals surface area (Å²) in [5, 5.41) is 3.34. The lowest BCUT2D eigenvalue weighted by Crippen LogP contribution is -2.28. The Bertz CT molecular complexity index is 921. The minimum atomic E-state index is -0.0339. The number of nitrogens with zero attached hydrogens (tertiary/aromatic N) is 5. The number of carbonyl (C=O) groups is 1. The Hall–Kier alpha value is -2.96. The van der Waals surface area contributed by atoms with E-state index in [1.807, 2.05) is 49.1 Å². The predicted molar refractivity (Wildman–Crippen MR) is 94.9 cm³/mol. The van der Waals surface area contributed by atoms with E-state index in [4.69, 9.17) is 0 Å². The first-order chi connectivity index (χ1) is 12.1. The standard InChI is InChI=1S/C18H20N6O/c1-23-8-7-19-18(23)17-12(9-16(25)24(17)2)10-21-15-11-20-13-5-3-4-6-14(13)22-15/h3-8,11-12,17H,9-10H2,1-2H3,(H,21,22)/t12-,17+/m0/s1. The van der Waals surface area contributed by atoms with E-state index in [0.29, 0.717) is 13.0 Å². The zero-order valence-electron chi connectivity index (χ0n) is 14.3. The molecule has 7 heteroatoms. The smallest absolute Gasteiger partial charge is 0.223 e. The molecule has 3 aromatic rings. The fraction of sp³-hybridized carbons (Fsp3) is 0.333. The van der Waals surface area contributed by atoms with Gasteiger partial charge in [0.25, 0.3) is 0 Å². The van der Waals surface area contributed by atoms with Crippen molar-refractivity contribution in [3.8, 4) is 0 Å². The fourth-order valence-electron chi connectivity index (χ4n) is 3.46. The van der Waals surface area contributed by atoms with Crippen LogP contribution in [0.15, 0.2) is 42.9 Å². The van der Waals surface area contributed by atoms with Crippen molar-refractivity contribution in [1.82, 2.24) is 24.4 Å². The Morgan fingerprint density at radius 2 is 2.00 bits per heavy atom. The van der Waals surface area contributed by atoms with Gasteiger partial charge in [0, 0.05) is 45.4 Å². The van der Waals surface area contributed by atoms with E-state index in [0.717, 1.165) is 22.7 Å². The van der Waals surface area contributed by atoms with E-state index >= 15 is 0 Å². The van der Waals surface area contributed by atoms with E-state index in [1.165, 1.54) is 0 Å². The Morgan fingerprint density at radius 1 is 1.20 bits per heavy atom. The number of aryl methyl sites for hydroxylation is 1. The van der Waals surface area contributed by atoms with Crippen molar-refractivity contribution < 1.29 is 4.79 Å². The van der Waals surface area contributed by atoms with Gasteiger partial charge in [-0.3, -0.25) is 9.78 Å². The Kier molecular flexibility index (Phi) is 3.83. The van der Waals surface area contributed by atoms with Crippen molar-refractivity contribution in [2.45, 2.75) is 12.5 Å². The summed E-state index contributed by atoms with van der Waals surface area (Å²) >= 11 is 0. The molecule has 1 aliphatic heterocycles. The van der Waals surface area contributed by atoms with Crippen LogP contribution in [0.3, 0.4) is 0 Å². The molecule has 1 aromatic carbocycles. The van der Waals surface area contributed by atoms with Crippen LogP contribution in [0.2, 0.25) is 0 Å². The zero-order chi connectivity index (χ0) is 17.4. The van der Waals surface area contributed by atoms with Gasteiger partial charge in [-0.1, -0.05) is 12.1 Å². The van der Waals surface area contributed by atoms with Gasteiger partial charge in [0.1, 0.15) is 11.6 Å². The number of aromatic nitrogens is 4. The molecule has 7 nitrogen and oxygen atoms in total. The van der Waals surface area contributed by atoms with Crippen LogP contribution in [0.25, 0.3) is 11.0 Å². The van der Waals surface area contributed by atoms with Crippen LogP contribution in [0, 0.1) is 5.92 Å². The normalized spacial score (nSPS) is 20.4. The molecule has 0 bridgehead atoms. The van der Waals surface area contributed by atoms with E-state index in [-0.39, 0.29) is 17.9 Å². The first-order valence-electron chi connectivity index (χ1n) is 8.32. The zero-order valence-corrected chi connectivity index (χ0v) is 14.3. The Morgan fingerprint density at radius 3 is 2.76 bits per heavy atom. The molecule has 4 rings (SSSR count). The second-order valence-electron chi connectivity index (χ2n) is 6.43. The molecule has 2 aromatic heterocycles. The van der Waals surface area contributed by atoms with Crippen LogP contribution in [0.5, 0.6) is 0 Å². The van der Waals surface area contributed by atoms with Crippen molar-refractivity contribution in [3.63, 3.8) is 0 Å². The summed E-state index contributed by atoms with van der Waals surface area (Å²) < 4.78 is 1.97. The molecule has 1 fully saturated rings. The third-order valence-electron chi connectivity index (χ3n) is 4.81. The molecule has 0 radical (unpaired) electrons. The minimum Gasteiger partial charge on any atom is -0.368 e. The van der Waals surface area contributed by atoms with E-state index in [9.17, 15) is 4.79 Å². The maximum atomic E-state index is 12.2. The van der Waals surface area contributed by atoms with Crippen molar-refractivity contribution in [1.29, 1.82) is 0 Å². The van der Waals surface area contributed by atoms with Gasteiger partial charge >= 0.3 is 0 Å². The van der Waals surface area contributed by atoms with E-state index in [2.05, 4.69) is 20.3 Å². The lowest BCUT2D eigenvalue weighted by molar-refractivity contribution is -0.127. The largest absolute Gasteiger partial charge is 0.368 e. The molecular formula is C18H20N6O. The van der Waals surface area contributed by atoms with Crippen molar-refractivity contribution >= 4 is 22.8 Å². The van der Waals surface area contributed by atoms with Crippen molar-refractivity contribution in [2.24, 2.45) is 13.0 Å². The number of nitrogens with one attached hydrogen (secondary N) is 1. The summed E-state index contributed by atoms with van der Waals surface area (Å²) in [6, 6.07) is 7.74. The highest BCUT2D eigenvalue weighted by Crippen LogP contribution is 2.36. The Labute approximate surface area is 145 Å². The van der Waals surface area contributed by atoms with Gasteiger partial charge in [-0.05, 0) is 12.1 Å². The molecule has 1 amide bonds. The third-order valence-corrected chi connectivity index (χ3v) is 4.81. The molecule has 0 unspecified atom stereocenters. The van der Waals surface area contributed by atoms with Crippen LogP contribution in [-0.4, -0.2) is 43.9 Å². The first-order valence-corrected chi connectivity index (χ1v) is 8.32. The van der Waals surface area contributed by atoms with Gasteiger partial charge in [-0.2, -0.15) is 0 Å². The highest BCUT2D eigenvalue weighted by molar-refractivity contribution is 5.79. The van der Waals surface area contributed by atoms with Crippen LogP contribution in [-0.2, 0) is 11.8 Å². The number of likely N-dealkylation sites (tertiary alicyclic amines) is 1. The van der Waals surface area contributed by atoms with Crippen molar-refractivity contribution in [3.05, 3.63) is 48.7 Å². The van der Waals surface area contributed by atoms with Gasteiger partial charge in [0.2, 0.25) is 5.91 Å². The summed E-state index contributed by atoms with van der Waals surface area (Å²) in [6.07, 6.45) is 5.91. The molecule has 3 heterocycles. The number of fused-ring (bicyclic) bond motifs is 1. The highest BCUT2D eigenvalue weighted by atomic mass is 16.2. The molecule has 128 valence electrons. The van der Waals surface area contributed by atoms with E-state index in [1.54, 1.807) is 17.3 Å². The number of para-hydroxylation sites is 2. The second-order valence-corrected chi connectivity index (χ2v) is 6.43. The number of anilines is 1. The minimum absolute atomic E-state index is 0.0339. The van der Waals surface area contributed by atoms with Crippen LogP contribution < -0.4 is 5.32 Å². The molecule has 0 spiro atoms. The van der Waals surface area contributed by atoms with E-state index < -0.39 is 0 Å². The Balaban J connectivity index is 1.54. The number of hydrogen-bond donors (Lipinski definition) is 1. The molecule has 1 saturated heterocycles. The number of amides is 1. The fourth-order valence-corrected chi connectivity index (χ4v) is 3.46. The van der Waals surface area contributed by atoms with Crippen LogP contribution in [0.4, 0.5) is 5.82 Å². The summed E-state index contributed by atoms with van der Waals surface area (Å²) in [4.78, 5) is 27.5. The number of benzene rings is 1. The third kappa shape index (κ3) is 2.82. The van der Waals surface area contributed by atoms with Crippen LogP contribution >= 0.6 is 0 Å². The molecule has 0 aliphatic carbocycles. The predicted octanol–water partition coefficient (Wildman–Crippen LogP) is 1.99. The summed E-state index contributed by atoms with van der Waals surface area (Å²) in [5.74, 6) is 1.90. The number of imidazole rings is 1. The summed E-state index contributed by atoms with van der Waals surface area (Å²) in [5.41, 5.74) is 1.72. The lowest BCUT2D eigenvalue weighted by Gasteiger charge is -2.24. The molecule has 1 aliphatic rings. The van der Waals surface area contributed by atoms with Gasteiger partial charge < -0.3 is 14.8 Å².